The standard InChI is InChI=1S/C32H30BrN3O3/c1-2-18-34-31(38)28(19-22-8-4-3-5-9-22)35(20-23-14-16-25(33)17-15-23)29(37)21-36-27-13-7-11-24-10-6-12-26(30(24)27)32(36)39/h3-17,28H,2,18-21H2,1H3,(H,34,38)/t28-/m1/s1. The van der Waals surface area contributed by atoms with Gasteiger partial charge in [0, 0.05) is 34.9 Å². The summed E-state index contributed by atoms with van der Waals surface area (Å²) in [6, 6.07) is 28.0. The highest BCUT2D eigenvalue weighted by Gasteiger charge is 2.35. The Morgan fingerprint density at radius 2 is 1.62 bits per heavy atom. The zero-order valence-corrected chi connectivity index (χ0v) is 23.4. The first-order chi connectivity index (χ1) is 19.0. The van der Waals surface area contributed by atoms with Crippen molar-refractivity contribution in [1.29, 1.82) is 0 Å². The molecule has 1 atom stereocenters. The molecule has 0 saturated heterocycles. The van der Waals surface area contributed by atoms with E-state index in [1.807, 2.05) is 91.9 Å². The van der Waals surface area contributed by atoms with E-state index in [-0.39, 0.29) is 30.8 Å². The lowest BCUT2D eigenvalue weighted by Gasteiger charge is -2.33. The van der Waals surface area contributed by atoms with Crippen molar-refractivity contribution in [2.24, 2.45) is 0 Å². The number of hydrogen-bond donors (Lipinski definition) is 1. The zero-order chi connectivity index (χ0) is 27.4. The molecule has 0 aliphatic carbocycles. The molecule has 0 fully saturated rings. The van der Waals surface area contributed by atoms with Crippen LogP contribution in [-0.4, -0.2) is 41.8 Å². The number of amides is 3. The molecule has 6 nitrogen and oxygen atoms in total. The summed E-state index contributed by atoms with van der Waals surface area (Å²) in [4.78, 5) is 44.3. The summed E-state index contributed by atoms with van der Waals surface area (Å²) in [5.41, 5.74) is 3.17. The van der Waals surface area contributed by atoms with Gasteiger partial charge in [0.25, 0.3) is 5.91 Å². The molecular weight excluding hydrogens is 554 g/mol. The van der Waals surface area contributed by atoms with Crippen molar-refractivity contribution in [3.63, 3.8) is 0 Å². The highest BCUT2D eigenvalue weighted by Crippen LogP contribution is 2.37. The Morgan fingerprint density at radius 1 is 0.897 bits per heavy atom. The number of hydrogen-bond acceptors (Lipinski definition) is 3. The van der Waals surface area contributed by atoms with Crippen LogP contribution >= 0.6 is 15.9 Å². The highest BCUT2D eigenvalue weighted by atomic mass is 79.9. The van der Waals surface area contributed by atoms with E-state index < -0.39 is 6.04 Å². The monoisotopic (exact) mass is 583 g/mol. The molecule has 0 saturated carbocycles. The van der Waals surface area contributed by atoms with Gasteiger partial charge in [-0.3, -0.25) is 19.3 Å². The van der Waals surface area contributed by atoms with Gasteiger partial charge in [-0.25, -0.2) is 0 Å². The average Bonchev–Trinajstić information content (AvgIpc) is 3.23. The van der Waals surface area contributed by atoms with Crippen molar-refractivity contribution in [1.82, 2.24) is 10.2 Å². The lowest BCUT2D eigenvalue weighted by Crippen LogP contribution is -2.53. The Balaban J connectivity index is 1.50. The van der Waals surface area contributed by atoms with Gasteiger partial charge in [0.1, 0.15) is 12.6 Å². The molecule has 3 amide bonds. The van der Waals surface area contributed by atoms with Crippen molar-refractivity contribution < 1.29 is 14.4 Å². The van der Waals surface area contributed by atoms with E-state index in [0.717, 1.165) is 38.5 Å². The summed E-state index contributed by atoms with van der Waals surface area (Å²) in [7, 11) is 0. The van der Waals surface area contributed by atoms with Crippen molar-refractivity contribution in [3.8, 4) is 0 Å². The van der Waals surface area contributed by atoms with Gasteiger partial charge < -0.3 is 10.2 Å². The minimum absolute atomic E-state index is 0.157. The van der Waals surface area contributed by atoms with Crippen LogP contribution in [0.25, 0.3) is 10.8 Å². The maximum Gasteiger partial charge on any atom is 0.259 e. The Labute approximate surface area is 236 Å². The third-order valence-electron chi connectivity index (χ3n) is 7.03. The average molecular weight is 585 g/mol. The maximum absolute atomic E-state index is 14.1. The molecule has 0 spiro atoms. The first-order valence-electron chi connectivity index (χ1n) is 13.2. The minimum atomic E-state index is -0.744. The molecule has 0 bridgehead atoms. The van der Waals surface area contributed by atoms with Gasteiger partial charge in [0.2, 0.25) is 11.8 Å². The molecule has 1 N–H and O–H groups in total. The largest absolute Gasteiger partial charge is 0.354 e. The molecule has 0 aromatic heterocycles. The molecular formula is C32H30BrN3O3. The van der Waals surface area contributed by atoms with E-state index in [4.69, 9.17) is 0 Å². The predicted octanol–water partition coefficient (Wildman–Crippen LogP) is 5.73. The quantitative estimate of drug-likeness (QED) is 0.259. The van der Waals surface area contributed by atoms with Gasteiger partial charge in [-0.1, -0.05) is 89.6 Å². The molecule has 1 heterocycles. The number of nitrogens with one attached hydrogen (secondary N) is 1. The predicted molar refractivity (Wildman–Crippen MR) is 158 cm³/mol. The number of carbonyl (C=O) groups is 3. The summed E-state index contributed by atoms with van der Waals surface area (Å²) >= 11 is 3.47. The molecule has 1 aliphatic rings. The second kappa shape index (κ2) is 11.8. The highest BCUT2D eigenvalue weighted by molar-refractivity contribution is 9.10. The van der Waals surface area contributed by atoms with E-state index in [1.54, 1.807) is 11.0 Å². The fourth-order valence-electron chi connectivity index (χ4n) is 5.07. The van der Waals surface area contributed by atoms with Gasteiger partial charge in [0.15, 0.2) is 0 Å². The smallest absolute Gasteiger partial charge is 0.259 e. The van der Waals surface area contributed by atoms with Crippen LogP contribution in [0.3, 0.4) is 0 Å². The van der Waals surface area contributed by atoms with Crippen LogP contribution in [-0.2, 0) is 22.6 Å². The fourth-order valence-corrected chi connectivity index (χ4v) is 5.33. The molecule has 1 aliphatic heterocycles. The Morgan fingerprint density at radius 3 is 2.33 bits per heavy atom. The van der Waals surface area contributed by atoms with Crippen LogP contribution in [0.1, 0.15) is 34.8 Å². The number of anilines is 1. The van der Waals surface area contributed by atoms with Crippen molar-refractivity contribution >= 4 is 50.1 Å². The third kappa shape index (κ3) is 5.73. The van der Waals surface area contributed by atoms with E-state index >= 15 is 0 Å². The lowest BCUT2D eigenvalue weighted by molar-refractivity contribution is -0.140. The van der Waals surface area contributed by atoms with Crippen LogP contribution in [0.4, 0.5) is 5.69 Å². The van der Waals surface area contributed by atoms with Gasteiger partial charge >= 0.3 is 0 Å². The Kier molecular flexibility index (Phi) is 8.07. The second-order valence-corrected chi connectivity index (χ2v) is 10.6. The van der Waals surface area contributed by atoms with Crippen molar-refractivity contribution in [3.05, 3.63) is 112 Å². The van der Waals surface area contributed by atoms with Gasteiger partial charge in [-0.05, 0) is 47.2 Å². The first kappa shape index (κ1) is 26.6. The fraction of sp³-hybridized carbons (Fsp3) is 0.219. The Hall–Kier alpha value is -3.97. The van der Waals surface area contributed by atoms with E-state index in [1.165, 1.54) is 4.90 Å². The number of nitrogens with zero attached hydrogens (tertiary/aromatic N) is 2. The zero-order valence-electron chi connectivity index (χ0n) is 21.8. The molecule has 7 heteroatoms. The van der Waals surface area contributed by atoms with Crippen LogP contribution in [0.5, 0.6) is 0 Å². The molecule has 5 rings (SSSR count). The van der Waals surface area contributed by atoms with E-state index in [2.05, 4.69) is 21.2 Å². The molecule has 0 radical (unpaired) electrons. The van der Waals surface area contributed by atoms with Gasteiger partial charge in [-0.2, -0.15) is 0 Å². The van der Waals surface area contributed by atoms with E-state index in [9.17, 15) is 14.4 Å². The molecule has 39 heavy (non-hydrogen) atoms. The van der Waals surface area contributed by atoms with Crippen molar-refractivity contribution in [2.45, 2.75) is 32.4 Å². The minimum Gasteiger partial charge on any atom is -0.354 e. The molecule has 198 valence electrons. The molecule has 0 unspecified atom stereocenters. The molecule has 4 aromatic carbocycles. The number of halogens is 1. The summed E-state index contributed by atoms with van der Waals surface area (Å²) in [5.74, 6) is -0.693. The summed E-state index contributed by atoms with van der Waals surface area (Å²) in [6.07, 6.45) is 1.15. The summed E-state index contributed by atoms with van der Waals surface area (Å²) in [5, 5.41) is 4.81. The van der Waals surface area contributed by atoms with Gasteiger partial charge in [0.05, 0.1) is 5.69 Å². The third-order valence-corrected chi connectivity index (χ3v) is 7.56. The summed E-state index contributed by atoms with van der Waals surface area (Å²) in [6.45, 7) is 2.60. The topological polar surface area (TPSA) is 69.7 Å². The maximum atomic E-state index is 14.1. The second-order valence-electron chi connectivity index (χ2n) is 9.72. The van der Waals surface area contributed by atoms with Gasteiger partial charge in [-0.15, -0.1) is 0 Å². The van der Waals surface area contributed by atoms with Crippen LogP contribution in [0.2, 0.25) is 0 Å². The first-order valence-corrected chi connectivity index (χ1v) is 13.9. The summed E-state index contributed by atoms with van der Waals surface area (Å²) < 4.78 is 0.930. The number of carbonyl (C=O) groups excluding carboxylic acids is 3. The van der Waals surface area contributed by atoms with E-state index in [0.29, 0.717) is 18.5 Å². The number of rotatable bonds is 10. The Bertz CT molecular complexity index is 1500. The van der Waals surface area contributed by atoms with Crippen LogP contribution in [0.15, 0.2) is 95.5 Å². The van der Waals surface area contributed by atoms with Crippen LogP contribution in [0, 0.1) is 0 Å². The van der Waals surface area contributed by atoms with Crippen molar-refractivity contribution in [2.75, 3.05) is 18.0 Å². The SMILES string of the molecule is CCCNC(=O)[C@@H](Cc1ccccc1)N(Cc1ccc(Br)cc1)C(=O)CN1C(=O)c2cccc3cccc1c23. The molecule has 4 aromatic rings. The van der Waals surface area contributed by atoms with Crippen LogP contribution < -0.4 is 10.2 Å². The lowest BCUT2D eigenvalue weighted by atomic mass is 10.0. The number of benzene rings is 4. The normalized spacial score (nSPS) is 13.0.